The molecule has 112 valence electrons. The van der Waals surface area contributed by atoms with E-state index in [0.29, 0.717) is 5.75 Å². The second-order valence-corrected chi connectivity index (χ2v) is 6.98. The number of hydrogen-bond acceptors (Lipinski definition) is 4. The summed E-state index contributed by atoms with van der Waals surface area (Å²) in [7, 11) is -3.92. The van der Waals surface area contributed by atoms with Gasteiger partial charge in [-0.05, 0) is 42.2 Å². The molecule has 4 nitrogen and oxygen atoms in total. The van der Waals surface area contributed by atoms with E-state index in [1.165, 1.54) is 18.3 Å². The van der Waals surface area contributed by atoms with Crippen LogP contribution in [0.25, 0.3) is 0 Å². The minimum absolute atomic E-state index is 0.0249. The fourth-order valence-corrected chi connectivity index (χ4v) is 2.87. The second-order valence-electron chi connectivity index (χ2n) is 5.05. The lowest BCUT2D eigenvalue weighted by Gasteiger charge is -2.14. The van der Waals surface area contributed by atoms with Crippen LogP contribution in [0.4, 0.5) is 0 Å². The van der Waals surface area contributed by atoms with Crippen molar-refractivity contribution in [1.82, 2.24) is 4.98 Å². The van der Waals surface area contributed by atoms with E-state index in [4.69, 9.17) is 15.8 Å². The Morgan fingerprint density at radius 1 is 1.19 bits per heavy atom. The van der Waals surface area contributed by atoms with Crippen LogP contribution in [0, 0.1) is 6.92 Å². The lowest BCUT2D eigenvalue weighted by atomic mass is 10.0. The van der Waals surface area contributed by atoms with Gasteiger partial charge in [0, 0.05) is 0 Å². The third-order valence-corrected chi connectivity index (χ3v) is 4.42. The molecule has 0 amide bonds. The first-order valence-electron chi connectivity index (χ1n) is 6.46. The number of nitrogens with zero attached hydrogens (tertiary/aromatic N) is 1. The average Bonchev–Trinajstić information content (AvgIpc) is 2.38. The quantitative estimate of drug-likeness (QED) is 0.631. The predicted octanol–water partition coefficient (Wildman–Crippen LogP) is 3.93. The van der Waals surface area contributed by atoms with E-state index < -0.39 is 10.1 Å². The Balaban J connectivity index is 2.41. The Morgan fingerprint density at radius 3 is 2.48 bits per heavy atom. The summed E-state index contributed by atoms with van der Waals surface area (Å²) in [6.45, 7) is 5.84. The zero-order chi connectivity index (χ0) is 15.6. The average molecular weight is 326 g/mol. The number of pyridine rings is 1. The normalized spacial score (nSPS) is 11.7. The van der Waals surface area contributed by atoms with E-state index in [-0.39, 0.29) is 16.0 Å². The molecule has 1 heterocycles. The first kappa shape index (κ1) is 15.8. The zero-order valence-corrected chi connectivity index (χ0v) is 13.6. The van der Waals surface area contributed by atoms with Crippen molar-refractivity contribution in [3.8, 4) is 5.75 Å². The van der Waals surface area contributed by atoms with Crippen molar-refractivity contribution < 1.29 is 12.6 Å². The molecule has 0 aliphatic heterocycles. The highest BCUT2D eigenvalue weighted by atomic mass is 35.5. The summed E-state index contributed by atoms with van der Waals surface area (Å²) >= 11 is 5.66. The highest BCUT2D eigenvalue weighted by Crippen LogP contribution is 2.30. The molecule has 0 atom stereocenters. The number of benzene rings is 1. The summed E-state index contributed by atoms with van der Waals surface area (Å²) in [6.07, 6.45) is 1.18. The van der Waals surface area contributed by atoms with E-state index in [2.05, 4.69) is 4.98 Å². The van der Waals surface area contributed by atoms with Crippen LogP contribution >= 0.6 is 11.6 Å². The van der Waals surface area contributed by atoms with Crippen molar-refractivity contribution in [3.05, 3.63) is 52.8 Å². The molecule has 0 spiro atoms. The van der Waals surface area contributed by atoms with E-state index in [1.54, 1.807) is 6.07 Å². The summed E-state index contributed by atoms with van der Waals surface area (Å²) in [5.74, 6) is 0.499. The van der Waals surface area contributed by atoms with E-state index in [1.807, 2.05) is 32.9 Å². The molecular weight excluding hydrogens is 310 g/mol. The van der Waals surface area contributed by atoms with Gasteiger partial charge in [-0.25, -0.2) is 4.98 Å². The van der Waals surface area contributed by atoms with E-state index >= 15 is 0 Å². The van der Waals surface area contributed by atoms with E-state index in [9.17, 15) is 8.42 Å². The third-order valence-electron chi connectivity index (χ3n) is 2.98. The van der Waals surface area contributed by atoms with Gasteiger partial charge in [0.2, 0.25) is 0 Å². The van der Waals surface area contributed by atoms with Gasteiger partial charge in [0.1, 0.15) is 15.8 Å². The van der Waals surface area contributed by atoms with Gasteiger partial charge in [0.25, 0.3) is 0 Å². The van der Waals surface area contributed by atoms with Gasteiger partial charge in [0.15, 0.2) is 0 Å². The molecule has 0 radical (unpaired) electrons. The van der Waals surface area contributed by atoms with Crippen LogP contribution < -0.4 is 4.18 Å². The van der Waals surface area contributed by atoms with Gasteiger partial charge in [-0.15, -0.1) is 0 Å². The van der Waals surface area contributed by atoms with Gasteiger partial charge in [0.05, 0.1) is 6.20 Å². The molecule has 2 rings (SSSR count). The van der Waals surface area contributed by atoms with Gasteiger partial charge in [-0.3, -0.25) is 0 Å². The summed E-state index contributed by atoms with van der Waals surface area (Å²) in [5, 5.41) is 0.229. The standard InChI is InChI=1S/C15H16ClNO3S/c1-10(2)13-6-4-11(3)8-14(13)20-21(18,19)12-5-7-15(16)17-9-12/h4-10H,1-3H3. The van der Waals surface area contributed by atoms with Gasteiger partial charge >= 0.3 is 10.1 Å². The Hall–Kier alpha value is -1.59. The molecule has 0 N–H and O–H groups in total. The number of aromatic nitrogens is 1. The summed E-state index contributed by atoms with van der Waals surface area (Å²) in [5.41, 5.74) is 1.77. The monoisotopic (exact) mass is 325 g/mol. The van der Waals surface area contributed by atoms with E-state index in [0.717, 1.165) is 11.1 Å². The minimum Gasteiger partial charge on any atom is -0.379 e. The summed E-state index contributed by atoms with van der Waals surface area (Å²) < 4.78 is 29.9. The lowest BCUT2D eigenvalue weighted by molar-refractivity contribution is 0.480. The third kappa shape index (κ3) is 3.74. The smallest absolute Gasteiger partial charge is 0.340 e. The summed E-state index contributed by atoms with van der Waals surface area (Å²) in [4.78, 5) is 3.74. The van der Waals surface area contributed by atoms with Crippen LogP contribution in [-0.4, -0.2) is 13.4 Å². The van der Waals surface area contributed by atoms with Gasteiger partial charge in [-0.1, -0.05) is 37.6 Å². The maximum atomic E-state index is 12.3. The second kappa shape index (κ2) is 6.03. The topological polar surface area (TPSA) is 56.3 Å². The highest BCUT2D eigenvalue weighted by molar-refractivity contribution is 7.87. The molecule has 0 unspecified atom stereocenters. The predicted molar refractivity (Wildman–Crippen MR) is 82.3 cm³/mol. The molecule has 0 aliphatic carbocycles. The molecule has 21 heavy (non-hydrogen) atoms. The molecule has 6 heteroatoms. The first-order chi connectivity index (χ1) is 9.79. The van der Waals surface area contributed by atoms with Crippen molar-refractivity contribution in [3.63, 3.8) is 0 Å². The molecular formula is C15H16ClNO3S. The van der Waals surface area contributed by atoms with Crippen LogP contribution in [-0.2, 0) is 10.1 Å². The van der Waals surface area contributed by atoms with Crippen LogP contribution in [0.15, 0.2) is 41.4 Å². The molecule has 0 saturated heterocycles. The Bertz CT molecular complexity index is 740. The maximum Gasteiger partial charge on any atom is 0.340 e. The van der Waals surface area contributed by atoms with Crippen molar-refractivity contribution in [2.24, 2.45) is 0 Å². The number of aryl methyl sites for hydroxylation is 1. The molecule has 0 saturated carbocycles. The van der Waals surface area contributed by atoms with Crippen LogP contribution in [0.5, 0.6) is 5.75 Å². The molecule has 1 aromatic carbocycles. The molecule has 0 bridgehead atoms. The Morgan fingerprint density at radius 2 is 1.90 bits per heavy atom. The first-order valence-corrected chi connectivity index (χ1v) is 8.25. The van der Waals surface area contributed by atoms with Crippen LogP contribution in [0.2, 0.25) is 5.15 Å². The largest absolute Gasteiger partial charge is 0.379 e. The SMILES string of the molecule is Cc1ccc(C(C)C)c(OS(=O)(=O)c2ccc(Cl)nc2)c1. The molecule has 0 fully saturated rings. The maximum absolute atomic E-state index is 12.3. The summed E-state index contributed by atoms with van der Waals surface area (Å²) in [6, 6.07) is 8.31. The Kier molecular flexibility index (Phi) is 4.54. The Labute approximate surface area is 129 Å². The number of halogens is 1. The van der Waals surface area contributed by atoms with Crippen LogP contribution in [0.1, 0.15) is 30.9 Å². The van der Waals surface area contributed by atoms with Crippen LogP contribution in [0.3, 0.4) is 0 Å². The number of hydrogen-bond donors (Lipinski definition) is 0. The zero-order valence-electron chi connectivity index (χ0n) is 12.0. The van der Waals surface area contributed by atoms with Gasteiger partial charge < -0.3 is 4.18 Å². The fourth-order valence-electron chi connectivity index (χ4n) is 1.87. The van der Waals surface area contributed by atoms with Crippen molar-refractivity contribution in [2.75, 3.05) is 0 Å². The molecule has 1 aromatic heterocycles. The molecule has 0 aliphatic rings. The minimum atomic E-state index is -3.92. The molecule has 2 aromatic rings. The lowest BCUT2D eigenvalue weighted by Crippen LogP contribution is -2.11. The van der Waals surface area contributed by atoms with Crippen molar-refractivity contribution in [2.45, 2.75) is 31.6 Å². The number of rotatable bonds is 4. The highest BCUT2D eigenvalue weighted by Gasteiger charge is 2.20. The van der Waals surface area contributed by atoms with Crippen molar-refractivity contribution >= 4 is 21.7 Å². The fraction of sp³-hybridized carbons (Fsp3) is 0.267. The van der Waals surface area contributed by atoms with Crippen molar-refractivity contribution in [1.29, 1.82) is 0 Å². The van der Waals surface area contributed by atoms with Gasteiger partial charge in [-0.2, -0.15) is 8.42 Å².